The van der Waals surface area contributed by atoms with Gasteiger partial charge in [-0.3, -0.25) is 0 Å². The summed E-state index contributed by atoms with van der Waals surface area (Å²) in [7, 11) is 0. The van der Waals surface area contributed by atoms with Gasteiger partial charge in [0.25, 0.3) is 0 Å². The predicted molar refractivity (Wildman–Crippen MR) is 71.9 cm³/mol. The first-order valence-corrected chi connectivity index (χ1v) is 6.84. The van der Waals surface area contributed by atoms with Crippen molar-refractivity contribution in [2.24, 2.45) is 11.7 Å². The van der Waals surface area contributed by atoms with Crippen molar-refractivity contribution in [3.8, 4) is 0 Å². The van der Waals surface area contributed by atoms with E-state index in [9.17, 15) is 4.39 Å². The molecule has 0 aliphatic carbocycles. The van der Waals surface area contributed by atoms with E-state index in [2.05, 4.69) is 16.8 Å². The van der Waals surface area contributed by atoms with Gasteiger partial charge in [0, 0.05) is 25.2 Å². The van der Waals surface area contributed by atoms with Gasteiger partial charge >= 0.3 is 0 Å². The Morgan fingerprint density at radius 2 is 2.17 bits per heavy atom. The normalized spacial score (nSPS) is 17.2. The quantitative estimate of drug-likeness (QED) is 0.894. The van der Waals surface area contributed by atoms with E-state index in [1.54, 1.807) is 0 Å². The van der Waals surface area contributed by atoms with Crippen LogP contribution >= 0.6 is 0 Å². The number of nitrogens with two attached hydrogens (primary N) is 1. The minimum absolute atomic E-state index is 0.305. The molecule has 2 N–H and O–H groups in total. The molecule has 1 saturated heterocycles. The monoisotopic (exact) mass is 251 g/mol. The zero-order valence-electron chi connectivity index (χ0n) is 11.0. The Morgan fingerprint density at radius 3 is 2.78 bits per heavy atom. The zero-order chi connectivity index (χ0) is 13.0. The smallest absolute Gasteiger partial charge is 0.141 e. The van der Waals surface area contributed by atoms with Gasteiger partial charge in [-0.05, 0) is 24.8 Å². The number of piperidine rings is 1. The second kappa shape index (κ2) is 6.14. The third-order valence-corrected chi connectivity index (χ3v) is 3.74. The summed E-state index contributed by atoms with van der Waals surface area (Å²) >= 11 is 0. The highest BCUT2D eigenvalue weighted by molar-refractivity contribution is 5.47. The summed E-state index contributed by atoms with van der Waals surface area (Å²) in [5.74, 6) is 1.40. The molecule has 3 nitrogen and oxygen atoms in total. The van der Waals surface area contributed by atoms with Crippen LogP contribution in [0.4, 0.5) is 10.2 Å². The molecule has 2 rings (SSSR count). The fraction of sp³-hybridized carbons (Fsp3) is 0.643. The molecule has 100 valence electrons. The zero-order valence-corrected chi connectivity index (χ0v) is 11.0. The number of pyridine rings is 1. The summed E-state index contributed by atoms with van der Waals surface area (Å²) in [5, 5.41) is 0. The molecule has 0 radical (unpaired) electrons. The third kappa shape index (κ3) is 2.99. The Balaban J connectivity index is 2.05. The lowest BCUT2D eigenvalue weighted by Gasteiger charge is -2.33. The summed E-state index contributed by atoms with van der Waals surface area (Å²) in [6, 6.07) is 1.50. The minimum Gasteiger partial charge on any atom is -0.356 e. The first-order valence-electron chi connectivity index (χ1n) is 6.84. The molecule has 2 heterocycles. The molecule has 0 spiro atoms. The molecule has 1 aromatic rings. The summed E-state index contributed by atoms with van der Waals surface area (Å²) in [4.78, 5) is 6.46. The van der Waals surface area contributed by atoms with Crippen molar-refractivity contribution in [2.45, 2.75) is 39.2 Å². The highest BCUT2D eigenvalue weighted by atomic mass is 19.1. The van der Waals surface area contributed by atoms with Crippen LogP contribution in [0.25, 0.3) is 0 Å². The Hall–Kier alpha value is -1.16. The second-order valence-corrected chi connectivity index (χ2v) is 5.06. The average Bonchev–Trinajstić information content (AvgIpc) is 2.40. The average molecular weight is 251 g/mol. The van der Waals surface area contributed by atoms with Crippen LogP contribution in [0.2, 0.25) is 0 Å². The van der Waals surface area contributed by atoms with E-state index in [1.165, 1.54) is 37.9 Å². The molecule has 0 aromatic carbocycles. The molecule has 4 heteroatoms. The molecular weight excluding hydrogens is 229 g/mol. The van der Waals surface area contributed by atoms with Crippen molar-refractivity contribution in [3.05, 3.63) is 23.6 Å². The van der Waals surface area contributed by atoms with Crippen molar-refractivity contribution in [3.63, 3.8) is 0 Å². The second-order valence-electron chi connectivity index (χ2n) is 5.06. The molecule has 0 atom stereocenters. The van der Waals surface area contributed by atoms with Crippen LogP contribution < -0.4 is 10.6 Å². The van der Waals surface area contributed by atoms with Crippen LogP contribution in [0.15, 0.2) is 12.3 Å². The van der Waals surface area contributed by atoms with Crippen LogP contribution in [-0.4, -0.2) is 18.1 Å². The van der Waals surface area contributed by atoms with Crippen LogP contribution in [0.3, 0.4) is 0 Å². The number of anilines is 1. The Bertz CT molecular complexity index is 387. The summed E-state index contributed by atoms with van der Waals surface area (Å²) in [6.45, 7) is 4.60. The summed E-state index contributed by atoms with van der Waals surface area (Å²) in [5.41, 5.74) is 6.48. The van der Waals surface area contributed by atoms with E-state index in [1.807, 2.05) is 0 Å². The maximum Gasteiger partial charge on any atom is 0.141 e. The Kier molecular flexibility index (Phi) is 4.53. The number of aromatic nitrogens is 1. The standard InChI is InChI=1S/C14H22FN3/c1-2-3-11-4-6-18(7-5-11)14-12(9-16)8-13(15)10-17-14/h8,10-11H,2-7,9,16H2,1H3. The van der Waals surface area contributed by atoms with E-state index in [0.717, 1.165) is 30.4 Å². The van der Waals surface area contributed by atoms with Gasteiger partial charge < -0.3 is 10.6 Å². The molecule has 1 aliphatic heterocycles. The van der Waals surface area contributed by atoms with Gasteiger partial charge in [0.15, 0.2) is 0 Å². The number of hydrogen-bond acceptors (Lipinski definition) is 3. The Labute approximate surface area is 108 Å². The van der Waals surface area contributed by atoms with Crippen molar-refractivity contribution < 1.29 is 4.39 Å². The lowest BCUT2D eigenvalue weighted by atomic mass is 9.92. The van der Waals surface area contributed by atoms with Crippen LogP contribution in [0.1, 0.15) is 38.2 Å². The number of nitrogens with zero attached hydrogens (tertiary/aromatic N) is 2. The van der Waals surface area contributed by atoms with Crippen LogP contribution in [-0.2, 0) is 6.54 Å². The third-order valence-electron chi connectivity index (χ3n) is 3.74. The maximum atomic E-state index is 13.1. The van der Waals surface area contributed by atoms with Crippen molar-refractivity contribution in [2.75, 3.05) is 18.0 Å². The largest absolute Gasteiger partial charge is 0.356 e. The maximum absolute atomic E-state index is 13.1. The van der Waals surface area contributed by atoms with E-state index in [4.69, 9.17) is 5.73 Å². The summed E-state index contributed by atoms with van der Waals surface area (Å²) < 4.78 is 13.1. The van der Waals surface area contributed by atoms with Gasteiger partial charge in [0.2, 0.25) is 0 Å². The Morgan fingerprint density at radius 1 is 1.44 bits per heavy atom. The van der Waals surface area contributed by atoms with E-state index >= 15 is 0 Å². The van der Waals surface area contributed by atoms with E-state index in [0.29, 0.717) is 6.54 Å². The van der Waals surface area contributed by atoms with Gasteiger partial charge in [-0.25, -0.2) is 9.37 Å². The van der Waals surface area contributed by atoms with Gasteiger partial charge in [-0.1, -0.05) is 19.8 Å². The molecule has 1 aliphatic rings. The first kappa shape index (κ1) is 13.3. The number of hydrogen-bond donors (Lipinski definition) is 1. The van der Waals surface area contributed by atoms with Crippen molar-refractivity contribution >= 4 is 5.82 Å². The van der Waals surface area contributed by atoms with Crippen molar-refractivity contribution in [1.29, 1.82) is 0 Å². The molecule has 0 unspecified atom stereocenters. The van der Waals surface area contributed by atoms with Crippen molar-refractivity contribution in [1.82, 2.24) is 4.98 Å². The number of halogens is 1. The predicted octanol–water partition coefficient (Wildman–Crippen LogP) is 2.70. The number of rotatable bonds is 4. The lowest BCUT2D eigenvalue weighted by molar-refractivity contribution is 0.377. The van der Waals surface area contributed by atoms with Crippen LogP contribution in [0, 0.1) is 11.7 Å². The minimum atomic E-state index is -0.305. The highest BCUT2D eigenvalue weighted by Gasteiger charge is 2.21. The van der Waals surface area contributed by atoms with Gasteiger partial charge in [0.1, 0.15) is 11.6 Å². The molecule has 1 aromatic heterocycles. The lowest BCUT2D eigenvalue weighted by Crippen LogP contribution is -2.35. The SMILES string of the molecule is CCCC1CCN(c2ncc(F)cc2CN)CC1. The molecule has 18 heavy (non-hydrogen) atoms. The topological polar surface area (TPSA) is 42.2 Å². The van der Waals surface area contributed by atoms with E-state index < -0.39 is 0 Å². The highest BCUT2D eigenvalue weighted by Crippen LogP contribution is 2.26. The summed E-state index contributed by atoms with van der Waals surface area (Å²) in [6.07, 6.45) is 6.27. The molecule has 1 fully saturated rings. The molecule has 0 amide bonds. The van der Waals surface area contributed by atoms with Gasteiger partial charge in [-0.15, -0.1) is 0 Å². The van der Waals surface area contributed by atoms with Crippen LogP contribution in [0.5, 0.6) is 0 Å². The molecule has 0 saturated carbocycles. The van der Waals surface area contributed by atoms with Gasteiger partial charge in [0.05, 0.1) is 6.20 Å². The molecule has 0 bridgehead atoms. The van der Waals surface area contributed by atoms with E-state index in [-0.39, 0.29) is 5.82 Å². The first-order chi connectivity index (χ1) is 8.74. The molecular formula is C14H22FN3. The van der Waals surface area contributed by atoms with Gasteiger partial charge in [-0.2, -0.15) is 0 Å². The fourth-order valence-corrected chi connectivity index (χ4v) is 2.75. The fourth-order valence-electron chi connectivity index (χ4n) is 2.75.